The molecule has 0 fully saturated rings. The number of carbonyl (C=O) groups excluding carboxylic acids is 1. The molecule has 0 radical (unpaired) electrons. The highest BCUT2D eigenvalue weighted by atomic mass is 79.9. The first-order valence-corrected chi connectivity index (χ1v) is 7.03. The van der Waals surface area contributed by atoms with Crippen molar-refractivity contribution in [2.45, 2.75) is 13.3 Å². The summed E-state index contributed by atoms with van der Waals surface area (Å²) in [5, 5.41) is 11.5. The molecule has 2 rings (SSSR count). The second-order valence-electron chi connectivity index (χ2n) is 4.61. The third kappa shape index (κ3) is 3.89. The van der Waals surface area contributed by atoms with Crippen LogP contribution in [0.3, 0.4) is 0 Å². The molecule has 0 saturated carbocycles. The molecule has 0 saturated heterocycles. The number of benzene rings is 2. The second-order valence-corrected chi connectivity index (χ2v) is 5.47. The summed E-state index contributed by atoms with van der Waals surface area (Å²) in [4.78, 5) is 12.0. The van der Waals surface area contributed by atoms with Crippen molar-refractivity contribution in [3.05, 3.63) is 63.4 Å². The Hall–Kier alpha value is -2.19. The van der Waals surface area contributed by atoms with Crippen LogP contribution in [-0.4, -0.2) is 5.91 Å². The molecule has 0 aromatic heterocycles. The highest BCUT2D eigenvalue weighted by Crippen LogP contribution is 2.24. The normalized spacial score (nSPS) is 10.0. The number of nitriles is 1. The summed E-state index contributed by atoms with van der Waals surface area (Å²) >= 11 is 3.10. The van der Waals surface area contributed by atoms with Gasteiger partial charge in [0.05, 0.1) is 22.5 Å². The van der Waals surface area contributed by atoms with Crippen LogP contribution in [0.15, 0.2) is 40.9 Å². The minimum Gasteiger partial charge on any atom is -0.326 e. The fourth-order valence-electron chi connectivity index (χ4n) is 1.86. The number of hydrogen-bond donors (Lipinski definition) is 1. The maximum absolute atomic E-state index is 13.3. The molecule has 0 aliphatic rings. The molecule has 106 valence electrons. The lowest BCUT2D eigenvalue weighted by Crippen LogP contribution is -2.15. The van der Waals surface area contributed by atoms with Crippen LogP contribution in [0.1, 0.15) is 16.7 Å². The van der Waals surface area contributed by atoms with Crippen LogP contribution >= 0.6 is 15.9 Å². The molecule has 0 spiro atoms. The van der Waals surface area contributed by atoms with Gasteiger partial charge in [-0.25, -0.2) is 4.39 Å². The summed E-state index contributed by atoms with van der Waals surface area (Å²) in [5.41, 5.74) is 2.59. The highest BCUT2D eigenvalue weighted by molar-refractivity contribution is 9.10. The summed E-state index contributed by atoms with van der Waals surface area (Å²) in [6, 6.07) is 11.8. The van der Waals surface area contributed by atoms with E-state index < -0.39 is 0 Å². The first-order valence-electron chi connectivity index (χ1n) is 6.24. The number of carbonyl (C=O) groups is 1. The fraction of sp³-hybridized carbons (Fsp3) is 0.125. The molecule has 0 heterocycles. The molecule has 2 aromatic carbocycles. The van der Waals surface area contributed by atoms with Crippen LogP contribution in [0.4, 0.5) is 10.1 Å². The van der Waals surface area contributed by atoms with Gasteiger partial charge in [-0.2, -0.15) is 5.26 Å². The average Bonchev–Trinajstić information content (AvgIpc) is 2.45. The maximum atomic E-state index is 13.3. The van der Waals surface area contributed by atoms with Crippen molar-refractivity contribution in [3.63, 3.8) is 0 Å². The van der Waals surface area contributed by atoms with Crippen molar-refractivity contribution in [1.29, 1.82) is 5.26 Å². The summed E-state index contributed by atoms with van der Waals surface area (Å²) in [5.74, 6) is -0.557. The van der Waals surface area contributed by atoms with E-state index in [1.54, 1.807) is 37.3 Å². The van der Waals surface area contributed by atoms with Gasteiger partial charge < -0.3 is 5.32 Å². The van der Waals surface area contributed by atoms with Gasteiger partial charge in [0.1, 0.15) is 5.82 Å². The van der Waals surface area contributed by atoms with E-state index in [-0.39, 0.29) is 18.1 Å². The third-order valence-electron chi connectivity index (χ3n) is 2.99. The standard InChI is InChI=1S/C16H12BrFN2O/c1-10-6-14(18)13(17)8-15(10)20-16(21)7-11-2-4-12(9-19)5-3-11/h2-6,8H,7H2,1H3,(H,20,21). The van der Waals surface area contributed by atoms with Gasteiger partial charge in [0, 0.05) is 5.69 Å². The average molecular weight is 347 g/mol. The first kappa shape index (κ1) is 15.2. The molecule has 5 heteroatoms. The summed E-state index contributed by atoms with van der Waals surface area (Å²) in [7, 11) is 0. The van der Waals surface area contributed by atoms with E-state index in [4.69, 9.17) is 5.26 Å². The molecule has 2 aromatic rings. The molecule has 0 unspecified atom stereocenters. The van der Waals surface area contributed by atoms with Gasteiger partial charge >= 0.3 is 0 Å². The Kier molecular flexibility index (Phi) is 4.71. The molecule has 0 aliphatic carbocycles. The third-order valence-corrected chi connectivity index (χ3v) is 3.60. The van der Waals surface area contributed by atoms with Crippen LogP contribution in [0.25, 0.3) is 0 Å². The topological polar surface area (TPSA) is 52.9 Å². The van der Waals surface area contributed by atoms with Crippen LogP contribution in [0.5, 0.6) is 0 Å². The minimum atomic E-state index is -0.363. The molecule has 21 heavy (non-hydrogen) atoms. The van der Waals surface area contributed by atoms with Gasteiger partial charge in [-0.1, -0.05) is 12.1 Å². The number of amides is 1. The zero-order chi connectivity index (χ0) is 15.4. The van der Waals surface area contributed by atoms with Crippen molar-refractivity contribution in [2.24, 2.45) is 0 Å². The van der Waals surface area contributed by atoms with Gasteiger partial charge in [0.25, 0.3) is 0 Å². The summed E-state index contributed by atoms with van der Waals surface area (Å²) < 4.78 is 13.6. The zero-order valence-electron chi connectivity index (χ0n) is 11.3. The quantitative estimate of drug-likeness (QED) is 0.914. The fourth-order valence-corrected chi connectivity index (χ4v) is 2.20. The number of halogens is 2. The number of nitrogens with one attached hydrogen (secondary N) is 1. The summed E-state index contributed by atoms with van der Waals surface area (Å²) in [6.07, 6.45) is 0.195. The number of rotatable bonds is 3. The van der Waals surface area contributed by atoms with E-state index in [9.17, 15) is 9.18 Å². The van der Waals surface area contributed by atoms with E-state index in [2.05, 4.69) is 21.2 Å². The first-order chi connectivity index (χ1) is 9.99. The van der Waals surface area contributed by atoms with E-state index >= 15 is 0 Å². The molecule has 1 amide bonds. The molecule has 3 nitrogen and oxygen atoms in total. The predicted molar refractivity (Wildman–Crippen MR) is 82.3 cm³/mol. The minimum absolute atomic E-state index is 0.193. The summed E-state index contributed by atoms with van der Waals surface area (Å²) in [6.45, 7) is 1.73. The van der Waals surface area contributed by atoms with Gasteiger partial charge in [-0.15, -0.1) is 0 Å². The predicted octanol–water partition coefficient (Wildman–Crippen LogP) is 3.95. The van der Waals surface area contributed by atoms with Crippen LogP contribution in [-0.2, 0) is 11.2 Å². The van der Waals surface area contributed by atoms with E-state index in [0.29, 0.717) is 21.3 Å². The molecular formula is C16H12BrFN2O. The molecule has 0 atom stereocenters. The van der Waals surface area contributed by atoms with Crippen LogP contribution < -0.4 is 5.32 Å². The SMILES string of the molecule is Cc1cc(F)c(Br)cc1NC(=O)Cc1ccc(C#N)cc1. The Morgan fingerprint density at radius 2 is 2.00 bits per heavy atom. The van der Waals surface area contributed by atoms with Gasteiger partial charge in [-0.05, 0) is 58.2 Å². The lowest BCUT2D eigenvalue weighted by atomic mass is 10.1. The number of nitrogens with zero attached hydrogens (tertiary/aromatic N) is 1. The lowest BCUT2D eigenvalue weighted by Gasteiger charge is -2.09. The van der Waals surface area contributed by atoms with Crippen molar-refractivity contribution in [3.8, 4) is 6.07 Å². The zero-order valence-corrected chi connectivity index (χ0v) is 12.9. The Bertz CT molecular complexity index is 720. The van der Waals surface area contributed by atoms with Crippen molar-refractivity contribution in [2.75, 3.05) is 5.32 Å². The number of aryl methyl sites for hydroxylation is 1. The second kappa shape index (κ2) is 6.51. The lowest BCUT2D eigenvalue weighted by molar-refractivity contribution is -0.115. The number of hydrogen-bond acceptors (Lipinski definition) is 2. The van der Waals surface area contributed by atoms with Gasteiger partial charge in [0.2, 0.25) is 5.91 Å². The van der Waals surface area contributed by atoms with E-state index in [1.165, 1.54) is 6.07 Å². The molecule has 0 bridgehead atoms. The van der Waals surface area contributed by atoms with Crippen LogP contribution in [0, 0.1) is 24.1 Å². The molecule has 1 N–H and O–H groups in total. The van der Waals surface area contributed by atoms with E-state index in [0.717, 1.165) is 5.56 Å². The molecular weight excluding hydrogens is 335 g/mol. The highest BCUT2D eigenvalue weighted by Gasteiger charge is 2.09. The Morgan fingerprint density at radius 1 is 1.33 bits per heavy atom. The smallest absolute Gasteiger partial charge is 0.228 e. The van der Waals surface area contributed by atoms with Crippen molar-refractivity contribution >= 4 is 27.5 Å². The van der Waals surface area contributed by atoms with Crippen LogP contribution in [0.2, 0.25) is 0 Å². The van der Waals surface area contributed by atoms with Crippen molar-refractivity contribution < 1.29 is 9.18 Å². The largest absolute Gasteiger partial charge is 0.326 e. The Balaban J connectivity index is 2.08. The monoisotopic (exact) mass is 346 g/mol. The van der Waals surface area contributed by atoms with Gasteiger partial charge in [-0.3, -0.25) is 4.79 Å². The Labute approximate surface area is 130 Å². The molecule has 0 aliphatic heterocycles. The number of anilines is 1. The maximum Gasteiger partial charge on any atom is 0.228 e. The Morgan fingerprint density at radius 3 is 2.62 bits per heavy atom. The van der Waals surface area contributed by atoms with Gasteiger partial charge in [0.15, 0.2) is 0 Å². The van der Waals surface area contributed by atoms with E-state index in [1.807, 2.05) is 6.07 Å². The van der Waals surface area contributed by atoms with Crippen molar-refractivity contribution in [1.82, 2.24) is 0 Å².